The van der Waals surface area contributed by atoms with Gasteiger partial charge in [0.15, 0.2) is 10.3 Å². The molecule has 7 heteroatoms. The normalized spacial score (nSPS) is 10.4. The highest BCUT2D eigenvalue weighted by molar-refractivity contribution is 7.98. The molecule has 0 aliphatic rings. The van der Waals surface area contributed by atoms with Crippen LogP contribution in [0.2, 0.25) is 0 Å². The van der Waals surface area contributed by atoms with Crippen molar-refractivity contribution < 1.29 is 0 Å². The van der Waals surface area contributed by atoms with Crippen LogP contribution in [0.25, 0.3) is 0 Å². The SMILES string of the molecule is NNc1nc(CSc2ncc[nH]2)cs1. The third kappa shape index (κ3) is 2.25. The second-order valence-corrected chi connectivity index (χ2v) is 4.29. The quantitative estimate of drug-likeness (QED) is 0.418. The first kappa shape index (κ1) is 9.50. The minimum Gasteiger partial charge on any atom is -0.340 e. The molecular formula is C7H9N5S2. The summed E-state index contributed by atoms with van der Waals surface area (Å²) in [7, 11) is 0. The monoisotopic (exact) mass is 227 g/mol. The molecular weight excluding hydrogens is 218 g/mol. The van der Waals surface area contributed by atoms with Gasteiger partial charge in [-0.15, -0.1) is 11.3 Å². The molecule has 5 nitrogen and oxygen atoms in total. The zero-order valence-corrected chi connectivity index (χ0v) is 8.86. The summed E-state index contributed by atoms with van der Waals surface area (Å²) >= 11 is 3.11. The van der Waals surface area contributed by atoms with Crippen LogP contribution < -0.4 is 11.3 Å². The number of nitrogens with one attached hydrogen (secondary N) is 2. The third-order valence-corrected chi connectivity index (χ3v) is 3.26. The lowest BCUT2D eigenvalue weighted by Gasteiger charge is -1.93. The van der Waals surface area contributed by atoms with Crippen molar-refractivity contribution in [2.45, 2.75) is 10.9 Å². The Labute approximate surface area is 89.1 Å². The number of rotatable bonds is 4. The average molecular weight is 227 g/mol. The standard InChI is InChI=1S/C7H9N5S2/c8-12-7-11-5(4-14-7)3-13-6-9-1-2-10-6/h1-2,4H,3,8H2,(H,9,10)(H,11,12). The Morgan fingerprint density at radius 2 is 2.57 bits per heavy atom. The lowest BCUT2D eigenvalue weighted by Crippen LogP contribution is -2.05. The van der Waals surface area contributed by atoms with Gasteiger partial charge in [0, 0.05) is 23.5 Å². The molecule has 0 saturated carbocycles. The lowest BCUT2D eigenvalue weighted by atomic mass is 10.6. The lowest BCUT2D eigenvalue weighted by molar-refractivity contribution is 1.05. The number of aromatic amines is 1. The summed E-state index contributed by atoms with van der Waals surface area (Å²) in [4.78, 5) is 11.4. The van der Waals surface area contributed by atoms with E-state index in [4.69, 9.17) is 5.84 Å². The van der Waals surface area contributed by atoms with Crippen LogP contribution in [0.1, 0.15) is 5.69 Å². The molecule has 4 N–H and O–H groups in total. The maximum absolute atomic E-state index is 5.23. The summed E-state index contributed by atoms with van der Waals surface area (Å²) in [6, 6.07) is 0. The van der Waals surface area contributed by atoms with Crippen molar-refractivity contribution in [1.82, 2.24) is 15.0 Å². The van der Waals surface area contributed by atoms with Crippen LogP contribution in [-0.4, -0.2) is 15.0 Å². The molecule has 74 valence electrons. The van der Waals surface area contributed by atoms with Gasteiger partial charge in [0.25, 0.3) is 0 Å². The number of thiazole rings is 1. The maximum Gasteiger partial charge on any atom is 0.197 e. The maximum atomic E-state index is 5.23. The van der Waals surface area contributed by atoms with E-state index < -0.39 is 0 Å². The summed E-state index contributed by atoms with van der Waals surface area (Å²) in [6.45, 7) is 0. The number of hydrazine groups is 1. The van der Waals surface area contributed by atoms with E-state index in [1.165, 1.54) is 11.3 Å². The number of aromatic nitrogens is 3. The molecule has 0 amide bonds. The molecule has 2 aromatic rings. The number of imidazole rings is 1. The van der Waals surface area contributed by atoms with Gasteiger partial charge in [-0.25, -0.2) is 15.8 Å². The predicted molar refractivity (Wildman–Crippen MR) is 58.1 cm³/mol. The van der Waals surface area contributed by atoms with Crippen LogP contribution in [0.4, 0.5) is 5.13 Å². The first-order valence-corrected chi connectivity index (χ1v) is 5.78. The smallest absolute Gasteiger partial charge is 0.197 e. The van der Waals surface area contributed by atoms with E-state index in [9.17, 15) is 0 Å². The first-order chi connectivity index (χ1) is 6.88. The average Bonchev–Trinajstić information content (AvgIpc) is 2.86. The molecule has 14 heavy (non-hydrogen) atoms. The van der Waals surface area contributed by atoms with E-state index >= 15 is 0 Å². The number of nitrogens with two attached hydrogens (primary N) is 1. The number of anilines is 1. The molecule has 2 rings (SSSR count). The zero-order chi connectivity index (χ0) is 9.80. The topological polar surface area (TPSA) is 79.6 Å². The number of thioether (sulfide) groups is 1. The van der Waals surface area contributed by atoms with E-state index in [2.05, 4.69) is 20.4 Å². The van der Waals surface area contributed by atoms with Gasteiger partial charge in [0.2, 0.25) is 0 Å². The molecule has 0 radical (unpaired) electrons. The zero-order valence-electron chi connectivity index (χ0n) is 7.23. The van der Waals surface area contributed by atoms with Crippen molar-refractivity contribution in [3.05, 3.63) is 23.5 Å². The largest absolute Gasteiger partial charge is 0.340 e. The molecule has 0 atom stereocenters. The van der Waals surface area contributed by atoms with E-state index in [1.54, 1.807) is 24.2 Å². The van der Waals surface area contributed by atoms with Gasteiger partial charge >= 0.3 is 0 Å². The fourth-order valence-corrected chi connectivity index (χ4v) is 2.36. The van der Waals surface area contributed by atoms with Gasteiger partial charge in [-0.2, -0.15) is 0 Å². The fraction of sp³-hybridized carbons (Fsp3) is 0.143. The Kier molecular flexibility index (Phi) is 3.02. The van der Waals surface area contributed by atoms with Crippen LogP contribution >= 0.6 is 23.1 Å². The summed E-state index contributed by atoms with van der Waals surface area (Å²) in [5.41, 5.74) is 3.52. The van der Waals surface area contributed by atoms with Gasteiger partial charge in [-0.1, -0.05) is 11.8 Å². The van der Waals surface area contributed by atoms with E-state index in [1.807, 2.05) is 5.38 Å². The summed E-state index contributed by atoms with van der Waals surface area (Å²) in [5.74, 6) is 6.02. The summed E-state index contributed by atoms with van der Waals surface area (Å²) in [6.07, 6.45) is 3.53. The van der Waals surface area contributed by atoms with Crippen LogP contribution in [0.3, 0.4) is 0 Å². The van der Waals surface area contributed by atoms with Crippen LogP contribution in [0.5, 0.6) is 0 Å². The minimum atomic E-state index is 0.736. The Hall–Kier alpha value is -1.05. The molecule has 0 aromatic carbocycles. The minimum absolute atomic E-state index is 0.736. The van der Waals surface area contributed by atoms with Gasteiger partial charge in [-0.05, 0) is 0 Å². The Morgan fingerprint density at radius 3 is 3.21 bits per heavy atom. The number of hydrogen-bond donors (Lipinski definition) is 3. The van der Waals surface area contributed by atoms with E-state index in [-0.39, 0.29) is 0 Å². The van der Waals surface area contributed by atoms with Crippen molar-refractivity contribution >= 4 is 28.2 Å². The Morgan fingerprint density at radius 1 is 1.64 bits per heavy atom. The second-order valence-electron chi connectivity index (χ2n) is 2.47. The van der Waals surface area contributed by atoms with Crippen LogP contribution in [0.15, 0.2) is 22.9 Å². The Bertz CT molecular complexity index is 382. The van der Waals surface area contributed by atoms with E-state index in [0.29, 0.717) is 0 Å². The van der Waals surface area contributed by atoms with Gasteiger partial charge in [0.1, 0.15) is 0 Å². The van der Waals surface area contributed by atoms with Gasteiger partial charge in [0.05, 0.1) is 5.69 Å². The molecule has 0 fully saturated rings. The predicted octanol–water partition coefficient (Wildman–Crippen LogP) is 1.44. The number of H-pyrrole nitrogens is 1. The van der Waals surface area contributed by atoms with Crippen molar-refractivity contribution in [1.29, 1.82) is 0 Å². The highest BCUT2D eigenvalue weighted by Crippen LogP contribution is 2.21. The second kappa shape index (κ2) is 4.45. The third-order valence-electron chi connectivity index (χ3n) is 1.51. The molecule has 0 aliphatic carbocycles. The molecule has 2 aromatic heterocycles. The first-order valence-electron chi connectivity index (χ1n) is 3.91. The highest BCUT2D eigenvalue weighted by Gasteiger charge is 2.02. The fourth-order valence-electron chi connectivity index (χ4n) is 0.912. The van der Waals surface area contributed by atoms with Crippen LogP contribution in [0, 0.1) is 0 Å². The van der Waals surface area contributed by atoms with Crippen molar-refractivity contribution in [2.75, 3.05) is 5.43 Å². The van der Waals surface area contributed by atoms with Crippen molar-refractivity contribution in [3.8, 4) is 0 Å². The molecule has 0 unspecified atom stereocenters. The molecule has 2 heterocycles. The molecule has 0 saturated heterocycles. The van der Waals surface area contributed by atoms with E-state index in [0.717, 1.165) is 21.7 Å². The molecule has 0 aliphatic heterocycles. The highest BCUT2D eigenvalue weighted by atomic mass is 32.2. The molecule has 0 spiro atoms. The van der Waals surface area contributed by atoms with Crippen LogP contribution in [-0.2, 0) is 5.75 Å². The Balaban J connectivity index is 1.92. The number of nitrogens with zero attached hydrogens (tertiary/aromatic N) is 2. The molecule has 0 bridgehead atoms. The van der Waals surface area contributed by atoms with Gasteiger partial charge in [-0.3, -0.25) is 5.43 Å². The summed E-state index contributed by atoms with van der Waals surface area (Å²) < 4.78 is 0. The number of nitrogen functional groups attached to an aromatic ring is 1. The van der Waals surface area contributed by atoms with Gasteiger partial charge < -0.3 is 4.98 Å². The van der Waals surface area contributed by atoms with Crippen molar-refractivity contribution in [3.63, 3.8) is 0 Å². The van der Waals surface area contributed by atoms with Crippen molar-refractivity contribution in [2.24, 2.45) is 5.84 Å². The number of hydrogen-bond acceptors (Lipinski definition) is 6. The summed E-state index contributed by atoms with van der Waals surface area (Å²) in [5, 5.41) is 3.62.